The largest absolute Gasteiger partial charge is 0.478 e. The van der Waals surface area contributed by atoms with Gasteiger partial charge in [0.25, 0.3) is 0 Å². The Morgan fingerprint density at radius 2 is 0.947 bits per heavy atom. The third-order valence-corrected chi connectivity index (χ3v) is 12.0. The Hall–Kier alpha value is -2.90. The topological polar surface area (TPSA) is 149 Å². The van der Waals surface area contributed by atoms with E-state index in [9.17, 15) is 39.6 Å². The Morgan fingerprint density at radius 1 is 0.553 bits per heavy atom. The highest BCUT2D eigenvalue weighted by molar-refractivity contribution is 6.11. The molecule has 8 heteroatoms. The van der Waals surface area contributed by atoms with Gasteiger partial charge in [-0.15, -0.1) is 0 Å². The molecule has 0 aliphatic heterocycles. The van der Waals surface area contributed by atoms with Gasteiger partial charge in [-0.1, -0.05) is 0 Å². The van der Waals surface area contributed by atoms with Crippen molar-refractivity contribution in [2.45, 2.75) is 82.5 Å². The Balaban J connectivity index is 1.47. The molecule has 0 amide bonds. The number of hydrogen-bond donors (Lipinski definition) is 4. The molecule has 38 heavy (non-hydrogen) atoms. The van der Waals surface area contributed by atoms with Gasteiger partial charge in [-0.3, -0.25) is 0 Å². The van der Waals surface area contributed by atoms with Crippen LogP contribution in [-0.2, 0) is 5.41 Å². The molecule has 8 aliphatic rings. The van der Waals surface area contributed by atoms with Gasteiger partial charge in [0.1, 0.15) is 0 Å². The van der Waals surface area contributed by atoms with Crippen LogP contribution in [0.2, 0.25) is 0 Å². The maximum absolute atomic E-state index is 12.7. The van der Waals surface area contributed by atoms with E-state index in [1.807, 2.05) is 0 Å². The molecule has 0 radical (unpaired) electrons. The number of benzene rings is 1. The molecular weight excluding hydrogens is 488 g/mol. The van der Waals surface area contributed by atoms with E-state index in [1.54, 1.807) is 0 Å². The molecule has 1 aromatic carbocycles. The number of carbonyl (C=O) groups is 4. The first-order valence-corrected chi connectivity index (χ1v) is 14.1. The van der Waals surface area contributed by atoms with Crippen molar-refractivity contribution in [2.24, 2.45) is 40.4 Å². The maximum atomic E-state index is 12.7. The van der Waals surface area contributed by atoms with Crippen molar-refractivity contribution in [3.63, 3.8) is 0 Å². The van der Waals surface area contributed by atoms with Crippen molar-refractivity contribution >= 4 is 23.9 Å². The summed E-state index contributed by atoms with van der Waals surface area (Å²) in [6.07, 6.45) is 12.5. The van der Waals surface area contributed by atoms with Crippen molar-refractivity contribution in [1.82, 2.24) is 0 Å². The smallest absolute Gasteiger partial charge is 0.336 e. The lowest BCUT2D eigenvalue weighted by Gasteiger charge is -2.72. The minimum Gasteiger partial charge on any atom is -0.478 e. The SMILES string of the molecule is O=C(O)c1cc(C(=O)O)c(C(=O)O)c(C23CC4CC(C2)CC(C25CC6CC(CC(C6)C2)C5)(C4)C3)c1C(=O)O. The first-order chi connectivity index (χ1) is 17.9. The van der Waals surface area contributed by atoms with E-state index in [4.69, 9.17) is 0 Å². The summed E-state index contributed by atoms with van der Waals surface area (Å²) in [6, 6.07) is 0.733. The summed E-state index contributed by atoms with van der Waals surface area (Å²) in [4.78, 5) is 49.9. The zero-order valence-corrected chi connectivity index (χ0v) is 21.4. The highest BCUT2D eigenvalue weighted by Crippen LogP contribution is 2.77. The van der Waals surface area contributed by atoms with Crippen LogP contribution < -0.4 is 0 Å². The van der Waals surface area contributed by atoms with Gasteiger partial charge in [-0.05, 0) is 135 Å². The van der Waals surface area contributed by atoms with Crippen LogP contribution in [0, 0.1) is 40.4 Å². The Labute approximate surface area is 220 Å². The third kappa shape index (κ3) is 3.09. The molecule has 8 aliphatic carbocycles. The van der Waals surface area contributed by atoms with Crippen LogP contribution in [-0.4, -0.2) is 44.3 Å². The van der Waals surface area contributed by atoms with E-state index in [-0.39, 0.29) is 16.4 Å². The molecule has 4 N–H and O–H groups in total. The molecule has 9 rings (SSSR count). The van der Waals surface area contributed by atoms with Crippen molar-refractivity contribution in [2.75, 3.05) is 0 Å². The van der Waals surface area contributed by atoms with Gasteiger partial charge in [0, 0.05) is 0 Å². The van der Waals surface area contributed by atoms with Crippen LogP contribution in [0.4, 0.5) is 0 Å². The van der Waals surface area contributed by atoms with Gasteiger partial charge in [0.2, 0.25) is 0 Å². The third-order valence-electron chi connectivity index (χ3n) is 12.0. The van der Waals surface area contributed by atoms with Crippen LogP contribution in [0.5, 0.6) is 0 Å². The quantitative estimate of drug-likeness (QED) is 0.381. The molecule has 0 saturated heterocycles. The minimum absolute atomic E-state index is 0.0265. The lowest BCUT2D eigenvalue weighted by molar-refractivity contribution is -0.206. The Morgan fingerprint density at radius 3 is 1.34 bits per heavy atom. The predicted molar refractivity (Wildman–Crippen MR) is 134 cm³/mol. The van der Waals surface area contributed by atoms with Crippen LogP contribution >= 0.6 is 0 Å². The van der Waals surface area contributed by atoms with Gasteiger partial charge < -0.3 is 20.4 Å². The molecule has 8 saturated carbocycles. The van der Waals surface area contributed by atoms with Crippen molar-refractivity contribution in [3.8, 4) is 0 Å². The van der Waals surface area contributed by atoms with Gasteiger partial charge >= 0.3 is 23.9 Å². The summed E-state index contributed by atoms with van der Waals surface area (Å²) in [5.74, 6) is -3.27. The highest BCUT2D eigenvalue weighted by Gasteiger charge is 2.68. The van der Waals surface area contributed by atoms with Crippen molar-refractivity contribution in [3.05, 3.63) is 33.9 Å². The van der Waals surface area contributed by atoms with Crippen LogP contribution in [0.3, 0.4) is 0 Å². The zero-order chi connectivity index (χ0) is 26.8. The van der Waals surface area contributed by atoms with Gasteiger partial charge in [0.15, 0.2) is 0 Å². The second-order valence-corrected chi connectivity index (χ2v) is 14.0. The molecule has 8 bridgehead atoms. The fourth-order valence-corrected chi connectivity index (χ4v) is 11.9. The molecule has 0 heterocycles. The molecule has 8 nitrogen and oxygen atoms in total. The first-order valence-electron chi connectivity index (χ1n) is 14.1. The fraction of sp³-hybridized carbons (Fsp3) is 0.667. The van der Waals surface area contributed by atoms with E-state index in [1.165, 1.54) is 38.5 Å². The number of carboxylic acids is 4. The van der Waals surface area contributed by atoms with Crippen LogP contribution in [0.25, 0.3) is 0 Å². The fourth-order valence-electron chi connectivity index (χ4n) is 11.9. The Bertz CT molecular complexity index is 1210. The maximum Gasteiger partial charge on any atom is 0.336 e. The van der Waals surface area contributed by atoms with Gasteiger partial charge in [-0.2, -0.15) is 0 Å². The average molecular weight is 523 g/mol. The number of hydrogen-bond acceptors (Lipinski definition) is 4. The molecule has 8 fully saturated rings. The number of aromatic carboxylic acids is 4. The highest BCUT2D eigenvalue weighted by atomic mass is 16.4. The molecule has 0 aromatic heterocycles. The van der Waals surface area contributed by atoms with E-state index in [0.717, 1.165) is 43.1 Å². The van der Waals surface area contributed by atoms with E-state index >= 15 is 0 Å². The summed E-state index contributed by atoms with van der Waals surface area (Å²) < 4.78 is 0. The molecule has 2 unspecified atom stereocenters. The second kappa shape index (κ2) is 7.60. The van der Waals surface area contributed by atoms with E-state index in [0.29, 0.717) is 31.1 Å². The Kier molecular flexibility index (Phi) is 4.83. The van der Waals surface area contributed by atoms with E-state index in [2.05, 4.69) is 0 Å². The minimum atomic E-state index is -1.55. The molecule has 202 valence electrons. The second-order valence-electron chi connectivity index (χ2n) is 14.0. The molecule has 0 spiro atoms. The lowest BCUT2D eigenvalue weighted by Crippen LogP contribution is -2.64. The van der Waals surface area contributed by atoms with Gasteiger partial charge in [-0.25, -0.2) is 19.2 Å². The van der Waals surface area contributed by atoms with Crippen LogP contribution in [0.1, 0.15) is 124 Å². The number of carboxylic acid groups (broad SMARTS) is 4. The first kappa shape index (κ1) is 24.2. The summed E-state index contributed by atoms with van der Waals surface area (Å²) in [5.41, 5.74) is -3.03. The molecule has 1 aromatic rings. The standard InChI is InChI=1S/C30H34O8/c31-24(32)19-5-20(25(33)34)22(27(37)38)23(21(19)26(35)36)28-6-17-4-18(7-28)12-30(11-17,13-28)29-8-14-1-15(9-29)3-16(2-14)10-29/h5,14-18H,1-4,6-13H2,(H,31,32)(H,33,34)(H,35,36)(H,37,38). The van der Waals surface area contributed by atoms with Gasteiger partial charge in [0.05, 0.1) is 22.3 Å². The molecule has 2 atom stereocenters. The van der Waals surface area contributed by atoms with Crippen LogP contribution in [0.15, 0.2) is 6.07 Å². The lowest BCUT2D eigenvalue weighted by atomic mass is 9.32. The monoisotopic (exact) mass is 522 g/mol. The van der Waals surface area contributed by atoms with Crippen molar-refractivity contribution < 1.29 is 39.6 Å². The zero-order valence-electron chi connectivity index (χ0n) is 21.4. The van der Waals surface area contributed by atoms with E-state index < -0.39 is 51.5 Å². The normalized spacial score (nSPS) is 41.8. The summed E-state index contributed by atoms with van der Waals surface area (Å²) in [7, 11) is 0. The summed E-state index contributed by atoms with van der Waals surface area (Å²) in [5, 5.41) is 40.6. The molecular formula is C30H34O8. The predicted octanol–water partition coefficient (Wildman–Crippen LogP) is 5.53. The summed E-state index contributed by atoms with van der Waals surface area (Å²) >= 11 is 0. The average Bonchev–Trinajstić information content (AvgIpc) is 2.80. The summed E-state index contributed by atoms with van der Waals surface area (Å²) in [6.45, 7) is 0. The van der Waals surface area contributed by atoms with Crippen molar-refractivity contribution in [1.29, 1.82) is 0 Å². The number of rotatable bonds is 6.